The number of hydrogen-bond donors (Lipinski definition) is 2. The zero-order valence-electron chi connectivity index (χ0n) is 19.2. The highest BCUT2D eigenvalue weighted by Gasteiger charge is 2.13. The van der Waals surface area contributed by atoms with Crippen LogP contribution >= 0.6 is 23.4 Å². The van der Waals surface area contributed by atoms with Crippen LogP contribution in [0.25, 0.3) is 6.08 Å². The molecule has 0 radical (unpaired) electrons. The molecule has 2 N–H and O–H groups in total. The maximum absolute atomic E-state index is 13.2. The number of ether oxygens (including phenoxy) is 2. The molecule has 0 saturated carbocycles. The third-order valence-electron chi connectivity index (χ3n) is 4.72. The summed E-state index contributed by atoms with van der Waals surface area (Å²) in [5.41, 5.74) is 1.17. The lowest BCUT2D eigenvalue weighted by atomic mass is 10.2. The quantitative estimate of drug-likeness (QED) is 0.311. The van der Waals surface area contributed by atoms with Gasteiger partial charge in [-0.2, -0.15) is 0 Å². The number of carbonyl (C=O) groups is 2. The van der Waals surface area contributed by atoms with E-state index in [1.54, 1.807) is 50.1 Å². The fraction of sp³-hybridized carbons (Fsp3) is 0.217. The van der Waals surface area contributed by atoms with E-state index in [0.717, 1.165) is 5.56 Å². The first-order chi connectivity index (χ1) is 16.8. The van der Waals surface area contributed by atoms with Crippen molar-refractivity contribution in [3.63, 3.8) is 0 Å². The van der Waals surface area contributed by atoms with Crippen molar-refractivity contribution in [3.8, 4) is 11.5 Å². The summed E-state index contributed by atoms with van der Waals surface area (Å²) in [5, 5.41) is 13.9. The van der Waals surface area contributed by atoms with Crippen molar-refractivity contribution in [2.24, 2.45) is 7.05 Å². The lowest BCUT2D eigenvalue weighted by molar-refractivity contribution is -0.116. The first-order valence-electron chi connectivity index (χ1n) is 10.2. The van der Waals surface area contributed by atoms with Gasteiger partial charge in [0.25, 0.3) is 0 Å². The molecular weight excluding hydrogens is 497 g/mol. The van der Waals surface area contributed by atoms with E-state index in [-0.39, 0.29) is 29.1 Å². The van der Waals surface area contributed by atoms with Crippen LogP contribution in [0.3, 0.4) is 0 Å². The van der Waals surface area contributed by atoms with Gasteiger partial charge < -0.3 is 24.7 Å². The van der Waals surface area contributed by atoms with E-state index in [1.807, 2.05) is 0 Å². The van der Waals surface area contributed by atoms with E-state index in [0.29, 0.717) is 28.2 Å². The summed E-state index contributed by atoms with van der Waals surface area (Å²) in [6.45, 7) is 0.152. The maximum atomic E-state index is 13.2. The van der Waals surface area contributed by atoms with E-state index in [1.165, 1.54) is 36.0 Å². The molecule has 12 heteroatoms. The van der Waals surface area contributed by atoms with Crippen LogP contribution in [0.2, 0.25) is 5.02 Å². The van der Waals surface area contributed by atoms with Gasteiger partial charge in [0, 0.05) is 18.8 Å². The molecule has 2 amide bonds. The third kappa shape index (κ3) is 7.20. The number of rotatable bonds is 10. The molecule has 1 heterocycles. The van der Waals surface area contributed by atoms with Gasteiger partial charge in [-0.25, -0.2) is 4.39 Å². The number of methoxy groups -OCH3 is 2. The molecule has 9 nitrogen and oxygen atoms in total. The summed E-state index contributed by atoms with van der Waals surface area (Å²) < 4.78 is 25.4. The molecule has 2 aromatic carbocycles. The average Bonchev–Trinajstić information content (AvgIpc) is 3.21. The molecule has 0 saturated heterocycles. The Kier molecular flexibility index (Phi) is 9.10. The first-order valence-corrected chi connectivity index (χ1v) is 11.6. The summed E-state index contributed by atoms with van der Waals surface area (Å²) >= 11 is 6.90. The van der Waals surface area contributed by atoms with Crippen LogP contribution < -0.4 is 20.1 Å². The summed E-state index contributed by atoms with van der Waals surface area (Å²) in [6.07, 6.45) is 3.06. The zero-order chi connectivity index (χ0) is 25.4. The van der Waals surface area contributed by atoms with Gasteiger partial charge in [0.05, 0.1) is 31.5 Å². The standard InChI is InChI=1S/C23H23ClFN5O4S/c1-30-20(12-26-21(31)9-5-14-4-8-18(33-2)19(10-14)34-3)28-29-23(30)35-13-22(32)27-15-6-7-17(25)16(24)11-15/h4-11H,12-13H2,1-3H3,(H,26,31)(H,27,32). The monoisotopic (exact) mass is 519 g/mol. The highest BCUT2D eigenvalue weighted by molar-refractivity contribution is 7.99. The Morgan fingerprint density at radius 1 is 1.14 bits per heavy atom. The lowest BCUT2D eigenvalue weighted by Gasteiger charge is -2.07. The van der Waals surface area contributed by atoms with Gasteiger partial charge in [0.15, 0.2) is 22.5 Å². The second-order valence-corrected chi connectivity index (χ2v) is 8.44. The fourth-order valence-electron chi connectivity index (χ4n) is 2.88. The summed E-state index contributed by atoms with van der Waals surface area (Å²) in [4.78, 5) is 24.4. The van der Waals surface area contributed by atoms with Crippen molar-refractivity contribution in [2.75, 3.05) is 25.3 Å². The van der Waals surface area contributed by atoms with Crippen molar-refractivity contribution < 1.29 is 23.5 Å². The SMILES string of the molecule is COc1ccc(C=CC(=O)NCc2nnc(SCC(=O)Nc3ccc(F)c(Cl)c3)n2C)cc1OC. The molecule has 0 atom stereocenters. The number of amides is 2. The fourth-order valence-corrected chi connectivity index (χ4v) is 3.79. The second-order valence-electron chi connectivity index (χ2n) is 7.09. The third-order valence-corrected chi connectivity index (χ3v) is 6.03. The van der Waals surface area contributed by atoms with E-state index in [4.69, 9.17) is 21.1 Å². The smallest absolute Gasteiger partial charge is 0.244 e. The van der Waals surface area contributed by atoms with Gasteiger partial charge in [-0.3, -0.25) is 9.59 Å². The lowest BCUT2D eigenvalue weighted by Crippen LogP contribution is -2.22. The summed E-state index contributed by atoms with van der Waals surface area (Å²) in [7, 11) is 4.83. The maximum Gasteiger partial charge on any atom is 0.244 e. The number of aromatic nitrogens is 3. The number of thioether (sulfide) groups is 1. The van der Waals surface area contributed by atoms with Gasteiger partial charge in [-0.1, -0.05) is 29.4 Å². The van der Waals surface area contributed by atoms with E-state index >= 15 is 0 Å². The van der Waals surface area contributed by atoms with Crippen LogP contribution in [0.15, 0.2) is 47.6 Å². The Morgan fingerprint density at radius 2 is 1.91 bits per heavy atom. The minimum Gasteiger partial charge on any atom is -0.493 e. The van der Waals surface area contributed by atoms with E-state index in [9.17, 15) is 14.0 Å². The van der Waals surface area contributed by atoms with Gasteiger partial charge in [0.2, 0.25) is 11.8 Å². The molecule has 0 aliphatic carbocycles. The summed E-state index contributed by atoms with van der Waals surface area (Å²) in [6, 6.07) is 9.25. The zero-order valence-corrected chi connectivity index (χ0v) is 20.7. The highest BCUT2D eigenvalue weighted by atomic mass is 35.5. The molecule has 3 aromatic rings. The molecular formula is C23H23ClFN5O4S. The molecule has 0 fully saturated rings. The predicted molar refractivity (Wildman–Crippen MR) is 132 cm³/mol. The Labute approximate surface area is 210 Å². The van der Waals surface area contributed by atoms with Crippen molar-refractivity contribution in [1.29, 1.82) is 0 Å². The van der Waals surface area contributed by atoms with Crippen molar-refractivity contribution in [2.45, 2.75) is 11.7 Å². The van der Waals surface area contributed by atoms with Gasteiger partial charge in [-0.15, -0.1) is 10.2 Å². The van der Waals surface area contributed by atoms with Crippen molar-refractivity contribution >= 4 is 46.9 Å². The molecule has 184 valence electrons. The Hall–Kier alpha value is -3.57. The Bertz CT molecular complexity index is 1250. The van der Waals surface area contributed by atoms with Gasteiger partial charge in [0.1, 0.15) is 5.82 Å². The van der Waals surface area contributed by atoms with Gasteiger partial charge in [-0.05, 0) is 42.0 Å². The number of anilines is 1. The Morgan fingerprint density at radius 3 is 2.63 bits per heavy atom. The summed E-state index contributed by atoms with van der Waals surface area (Å²) in [5.74, 6) is 0.559. The van der Waals surface area contributed by atoms with E-state index < -0.39 is 5.82 Å². The average molecular weight is 520 g/mol. The molecule has 0 aliphatic heterocycles. The molecule has 3 rings (SSSR count). The van der Waals surface area contributed by atoms with E-state index in [2.05, 4.69) is 20.8 Å². The van der Waals surface area contributed by atoms with Gasteiger partial charge >= 0.3 is 0 Å². The molecule has 0 spiro atoms. The van der Waals surface area contributed by atoms with Crippen LogP contribution in [0.1, 0.15) is 11.4 Å². The largest absolute Gasteiger partial charge is 0.493 e. The number of hydrogen-bond acceptors (Lipinski definition) is 7. The number of halogens is 2. The van der Waals surface area contributed by atoms with Crippen LogP contribution in [-0.2, 0) is 23.2 Å². The number of benzene rings is 2. The molecule has 0 unspecified atom stereocenters. The Balaban J connectivity index is 1.49. The molecule has 0 aliphatic rings. The predicted octanol–water partition coefficient (Wildman–Crippen LogP) is 3.69. The van der Waals surface area contributed by atoms with Crippen LogP contribution in [0.4, 0.5) is 10.1 Å². The van der Waals surface area contributed by atoms with Crippen LogP contribution in [-0.4, -0.2) is 46.6 Å². The number of nitrogens with one attached hydrogen (secondary N) is 2. The van der Waals surface area contributed by atoms with Crippen LogP contribution in [0.5, 0.6) is 11.5 Å². The number of nitrogens with zero attached hydrogens (tertiary/aromatic N) is 3. The minimum absolute atomic E-state index is 0.0569. The van der Waals surface area contributed by atoms with Crippen molar-refractivity contribution in [3.05, 3.63) is 64.7 Å². The topological polar surface area (TPSA) is 107 Å². The van der Waals surface area contributed by atoms with Crippen molar-refractivity contribution in [1.82, 2.24) is 20.1 Å². The molecule has 1 aromatic heterocycles. The number of carbonyl (C=O) groups excluding carboxylic acids is 2. The minimum atomic E-state index is -0.561. The normalized spacial score (nSPS) is 10.9. The van der Waals surface area contributed by atoms with Crippen LogP contribution in [0, 0.1) is 5.82 Å². The highest BCUT2D eigenvalue weighted by Crippen LogP contribution is 2.28. The molecule has 35 heavy (non-hydrogen) atoms. The second kappa shape index (κ2) is 12.2. The molecule has 0 bridgehead atoms. The first kappa shape index (κ1) is 26.0.